The number of alkyl halides is 3. The lowest BCUT2D eigenvalue weighted by Gasteiger charge is -2.11. The summed E-state index contributed by atoms with van der Waals surface area (Å²) in [5.41, 5.74) is 0.304. The molecule has 1 amide bonds. The molecule has 0 aliphatic heterocycles. The molecule has 0 bridgehead atoms. The number of nitrogens with zero attached hydrogens (tertiary/aromatic N) is 1. The second-order valence-corrected chi connectivity index (χ2v) is 6.58. The van der Waals surface area contributed by atoms with Gasteiger partial charge in [-0.3, -0.25) is 4.79 Å². The van der Waals surface area contributed by atoms with Crippen molar-refractivity contribution in [2.24, 2.45) is 0 Å². The molecule has 3 rings (SSSR count). The highest BCUT2D eigenvalue weighted by atomic mass is 19.4. The van der Waals surface area contributed by atoms with Crippen LogP contribution in [0.15, 0.2) is 47.0 Å². The largest absolute Gasteiger partial charge is 0.497 e. The Kier molecular flexibility index (Phi) is 6.38. The van der Waals surface area contributed by atoms with E-state index in [1.165, 1.54) is 26.4 Å². The minimum absolute atomic E-state index is 0.00362. The van der Waals surface area contributed by atoms with Crippen LogP contribution >= 0.6 is 0 Å². The molecule has 7 nitrogen and oxygen atoms in total. The maximum absolute atomic E-state index is 12.9. The Morgan fingerprint density at radius 3 is 2.39 bits per heavy atom. The van der Waals surface area contributed by atoms with Gasteiger partial charge in [0.05, 0.1) is 25.5 Å². The van der Waals surface area contributed by atoms with Gasteiger partial charge in [-0.1, -0.05) is 11.2 Å². The van der Waals surface area contributed by atoms with Crippen LogP contribution in [0.2, 0.25) is 0 Å². The summed E-state index contributed by atoms with van der Waals surface area (Å²) in [5, 5.41) is 9.22. The van der Waals surface area contributed by atoms with Crippen LogP contribution in [-0.2, 0) is 12.7 Å². The summed E-state index contributed by atoms with van der Waals surface area (Å²) < 4.78 is 54.4. The maximum atomic E-state index is 12.9. The van der Waals surface area contributed by atoms with E-state index in [0.717, 1.165) is 17.7 Å². The molecular weight excluding hydrogens is 415 g/mol. The Balaban J connectivity index is 1.77. The molecule has 0 aliphatic carbocycles. The monoisotopic (exact) mass is 435 g/mol. The van der Waals surface area contributed by atoms with Crippen LogP contribution in [0.3, 0.4) is 0 Å². The number of anilines is 2. The highest BCUT2D eigenvalue weighted by molar-refractivity contribution is 6.08. The third kappa shape index (κ3) is 5.27. The van der Waals surface area contributed by atoms with Crippen LogP contribution in [0.1, 0.15) is 27.2 Å². The van der Waals surface area contributed by atoms with Gasteiger partial charge in [0.15, 0.2) is 0 Å². The van der Waals surface area contributed by atoms with Gasteiger partial charge in [0, 0.05) is 18.3 Å². The Morgan fingerprint density at radius 1 is 1.10 bits per heavy atom. The van der Waals surface area contributed by atoms with Crippen LogP contribution in [0.4, 0.5) is 24.7 Å². The predicted octanol–water partition coefficient (Wildman–Crippen LogP) is 4.88. The number of hydrogen-bond acceptors (Lipinski definition) is 6. The van der Waals surface area contributed by atoms with Gasteiger partial charge < -0.3 is 24.6 Å². The van der Waals surface area contributed by atoms with Crippen molar-refractivity contribution >= 4 is 17.5 Å². The number of nitrogens with one attached hydrogen (secondary N) is 2. The standard InChI is InChI=1S/C21H20F3N3O4/c1-12-18(19(28)26-15-6-4-5-14(9-15)21(22,23)24)20(31-27-12)25-11-13-7-16(29-2)10-17(8-13)30-3/h4-10,25H,11H2,1-3H3,(H,26,28). The van der Waals surface area contributed by atoms with Gasteiger partial charge in [0.1, 0.15) is 17.1 Å². The lowest BCUT2D eigenvalue weighted by molar-refractivity contribution is -0.137. The van der Waals surface area contributed by atoms with Gasteiger partial charge in [0.25, 0.3) is 5.91 Å². The minimum atomic E-state index is -4.52. The average molecular weight is 435 g/mol. The first-order valence-corrected chi connectivity index (χ1v) is 9.12. The van der Waals surface area contributed by atoms with Crippen LogP contribution in [0.25, 0.3) is 0 Å². The van der Waals surface area contributed by atoms with Gasteiger partial charge in [-0.15, -0.1) is 0 Å². The second kappa shape index (κ2) is 8.99. The first kappa shape index (κ1) is 22.0. The fraction of sp³-hybridized carbons (Fsp3) is 0.238. The number of aromatic nitrogens is 1. The lowest BCUT2D eigenvalue weighted by Crippen LogP contribution is -2.15. The summed E-state index contributed by atoms with van der Waals surface area (Å²) in [5.74, 6) is 0.618. The summed E-state index contributed by atoms with van der Waals surface area (Å²) in [6, 6.07) is 9.64. The van der Waals surface area contributed by atoms with Gasteiger partial charge in [0.2, 0.25) is 5.88 Å². The van der Waals surface area contributed by atoms with E-state index in [1.807, 2.05) is 0 Å². The Labute approximate surface area is 176 Å². The van der Waals surface area contributed by atoms with E-state index in [2.05, 4.69) is 15.8 Å². The first-order valence-electron chi connectivity index (χ1n) is 9.12. The lowest BCUT2D eigenvalue weighted by atomic mass is 10.1. The molecule has 31 heavy (non-hydrogen) atoms. The molecule has 0 saturated carbocycles. The van der Waals surface area contributed by atoms with Crippen molar-refractivity contribution in [2.45, 2.75) is 19.6 Å². The first-order chi connectivity index (χ1) is 14.7. The molecule has 0 unspecified atom stereocenters. The quantitative estimate of drug-likeness (QED) is 0.550. The second-order valence-electron chi connectivity index (χ2n) is 6.58. The smallest absolute Gasteiger partial charge is 0.416 e. The van der Waals surface area contributed by atoms with E-state index in [0.29, 0.717) is 11.5 Å². The highest BCUT2D eigenvalue weighted by Gasteiger charge is 2.30. The Morgan fingerprint density at radius 2 is 1.77 bits per heavy atom. The molecule has 0 radical (unpaired) electrons. The van der Waals surface area contributed by atoms with Crippen molar-refractivity contribution < 1.29 is 32.0 Å². The Bertz CT molecular complexity index is 1060. The summed E-state index contributed by atoms with van der Waals surface area (Å²) in [6.07, 6.45) is -4.52. The molecule has 1 aromatic heterocycles. The summed E-state index contributed by atoms with van der Waals surface area (Å²) in [4.78, 5) is 12.7. The predicted molar refractivity (Wildman–Crippen MR) is 108 cm³/mol. The van der Waals surface area contributed by atoms with Crippen molar-refractivity contribution in [3.63, 3.8) is 0 Å². The number of benzene rings is 2. The molecule has 1 heterocycles. The van der Waals surface area contributed by atoms with Crippen LogP contribution in [0, 0.1) is 6.92 Å². The molecule has 0 fully saturated rings. The zero-order valence-corrected chi connectivity index (χ0v) is 17.0. The Hall–Kier alpha value is -3.69. The van der Waals surface area contributed by atoms with Crippen LogP contribution < -0.4 is 20.1 Å². The normalized spacial score (nSPS) is 11.2. The molecule has 2 aromatic carbocycles. The topological polar surface area (TPSA) is 85.6 Å². The average Bonchev–Trinajstić information content (AvgIpc) is 3.12. The summed E-state index contributed by atoms with van der Waals surface area (Å²) in [6.45, 7) is 1.82. The number of hydrogen-bond donors (Lipinski definition) is 2. The van der Waals surface area contributed by atoms with Crippen molar-refractivity contribution in [2.75, 3.05) is 24.9 Å². The van der Waals surface area contributed by atoms with E-state index >= 15 is 0 Å². The molecule has 0 aliphatic rings. The molecule has 10 heteroatoms. The zero-order chi connectivity index (χ0) is 22.6. The molecule has 2 N–H and O–H groups in total. The van der Waals surface area contributed by atoms with E-state index < -0.39 is 17.6 Å². The maximum Gasteiger partial charge on any atom is 0.416 e. The van der Waals surface area contributed by atoms with E-state index in [-0.39, 0.29) is 29.4 Å². The number of rotatable bonds is 7. The van der Waals surface area contributed by atoms with Crippen molar-refractivity contribution in [1.82, 2.24) is 5.16 Å². The van der Waals surface area contributed by atoms with Gasteiger partial charge in [-0.2, -0.15) is 13.2 Å². The third-order valence-corrected chi connectivity index (χ3v) is 4.40. The number of amides is 1. The SMILES string of the molecule is COc1cc(CNc2onc(C)c2C(=O)Nc2cccc(C(F)(F)F)c2)cc(OC)c1. The number of carbonyl (C=O) groups is 1. The van der Waals surface area contributed by atoms with Crippen LogP contribution in [0.5, 0.6) is 11.5 Å². The van der Waals surface area contributed by atoms with Crippen molar-refractivity contribution in [1.29, 1.82) is 0 Å². The van der Waals surface area contributed by atoms with E-state index in [9.17, 15) is 18.0 Å². The number of aryl methyl sites for hydroxylation is 1. The van der Waals surface area contributed by atoms with E-state index in [1.54, 1.807) is 25.1 Å². The molecular formula is C21H20F3N3O4. The summed E-state index contributed by atoms with van der Waals surface area (Å²) in [7, 11) is 3.06. The number of carbonyl (C=O) groups excluding carboxylic acids is 1. The van der Waals surface area contributed by atoms with Crippen molar-refractivity contribution in [3.8, 4) is 11.5 Å². The van der Waals surface area contributed by atoms with E-state index in [4.69, 9.17) is 14.0 Å². The molecule has 164 valence electrons. The number of halogens is 3. The zero-order valence-electron chi connectivity index (χ0n) is 17.0. The number of methoxy groups -OCH3 is 2. The minimum Gasteiger partial charge on any atom is -0.497 e. The van der Waals surface area contributed by atoms with Gasteiger partial charge in [-0.05, 0) is 42.8 Å². The third-order valence-electron chi connectivity index (χ3n) is 4.40. The molecule has 0 atom stereocenters. The summed E-state index contributed by atoms with van der Waals surface area (Å²) >= 11 is 0. The van der Waals surface area contributed by atoms with Crippen LogP contribution in [-0.4, -0.2) is 25.3 Å². The van der Waals surface area contributed by atoms with Gasteiger partial charge >= 0.3 is 6.18 Å². The number of ether oxygens (including phenoxy) is 2. The van der Waals surface area contributed by atoms with Gasteiger partial charge in [-0.25, -0.2) is 0 Å². The fourth-order valence-corrected chi connectivity index (χ4v) is 2.88. The fourth-order valence-electron chi connectivity index (χ4n) is 2.88. The molecule has 0 saturated heterocycles. The molecule has 0 spiro atoms. The highest BCUT2D eigenvalue weighted by Crippen LogP contribution is 2.31. The van der Waals surface area contributed by atoms with Crippen molar-refractivity contribution in [3.05, 3.63) is 64.8 Å². The molecule has 3 aromatic rings.